The van der Waals surface area contributed by atoms with Crippen molar-refractivity contribution in [1.82, 2.24) is 5.32 Å². The van der Waals surface area contributed by atoms with E-state index in [2.05, 4.69) is 16.0 Å². The van der Waals surface area contributed by atoms with Crippen molar-refractivity contribution in [3.05, 3.63) is 59.1 Å². The summed E-state index contributed by atoms with van der Waals surface area (Å²) in [6.45, 7) is 2.33. The Morgan fingerprint density at radius 1 is 1.00 bits per heavy atom. The summed E-state index contributed by atoms with van der Waals surface area (Å²) in [5.41, 5.74) is 2.41. The van der Waals surface area contributed by atoms with Gasteiger partial charge in [0.25, 0.3) is 0 Å². The van der Waals surface area contributed by atoms with Crippen molar-refractivity contribution in [3.8, 4) is 0 Å². The molecule has 0 radical (unpaired) electrons. The summed E-state index contributed by atoms with van der Waals surface area (Å²) in [5.74, 6) is -0.290. The minimum absolute atomic E-state index is 0.138. The maximum Gasteiger partial charge on any atom is 0.238 e. The molecular formula is C18H20ClN3O2. The molecule has 2 amide bonds. The molecule has 0 fully saturated rings. The zero-order chi connectivity index (χ0) is 17.4. The number of carbonyl (C=O) groups excluding carboxylic acids is 2. The molecule has 2 aromatic rings. The van der Waals surface area contributed by atoms with E-state index in [9.17, 15) is 9.59 Å². The second-order valence-corrected chi connectivity index (χ2v) is 5.80. The standard InChI is InChI=1S/C18H20ClN3O2/c1-13(23)21-16-6-3-7-17(11-16)22-18(24)12-20-9-8-14-4-2-5-15(19)10-14/h2-7,10-11,20H,8-9,12H2,1H3,(H,21,23)(H,22,24). The van der Waals surface area contributed by atoms with Crippen LogP contribution in [0.4, 0.5) is 11.4 Å². The van der Waals surface area contributed by atoms with E-state index in [0.717, 1.165) is 12.0 Å². The van der Waals surface area contributed by atoms with Crippen molar-refractivity contribution in [2.75, 3.05) is 23.7 Å². The molecule has 0 aliphatic carbocycles. The third-order valence-electron chi connectivity index (χ3n) is 3.23. The highest BCUT2D eigenvalue weighted by atomic mass is 35.5. The fraction of sp³-hybridized carbons (Fsp3) is 0.222. The first-order valence-corrected chi connectivity index (χ1v) is 8.03. The maximum absolute atomic E-state index is 11.9. The number of rotatable bonds is 7. The van der Waals surface area contributed by atoms with Crippen LogP contribution in [0.1, 0.15) is 12.5 Å². The number of hydrogen-bond acceptors (Lipinski definition) is 3. The molecule has 0 aliphatic heterocycles. The topological polar surface area (TPSA) is 70.2 Å². The quantitative estimate of drug-likeness (QED) is 0.675. The molecule has 2 rings (SSSR count). The zero-order valence-corrected chi connectivity index (χ0v) is 14.2. The lowest BCUT2D eigenvalue weighted by molar-refractivity contribution is -0.115. The van der Waals surface area contributed by atoms with Gasteiger partial charge in [0.1, 0.15) is 0 Å². The predicted molar refractivity (Wildman–Crippen MR) is 97.4 cm³/mol. The summed E-state index contributed by atoms with van der Waals surface area (Å²) < 4.78 is 0. The van der Waals surface area contributed by atoms with Crippen LogP contribution in [0.3, 0.4) is 0 Å². The normalized spacial score (nSPS) is 10.2. The van der Waals surface area contributed by atoms with Gasteiger partial charge in [0.2, 0.25) is 11.8 Å². The van der Waals surface area contributed by atoms with Gasteiger partial charge in [-0.3, -0.25) is 9.59 Å². The van der Waals surface area contributed by atoms with Gasteiger partial charge in [-0.15, -0.1) is 0 Å². The van der Waals surface area contributed by atoms with Crippen LogP contribution in [0, 0.1) is 0 Å². The lowest BCUT2D eigenvalue weighted by Crippen LogP contribution is -2.29. The Hall–Kier alpha value is -2.37. The second-order valence-electron chi connectivity index (χ2n) is 5.37. The number of amides is 2. The molecular weight excluding hydrogens is 326 g/mol. The molecule has 0 spiro atoms. The monoisotopic (exact) mass is 345 g/mol. The SMILES string of the molecule is CC(=O)Nc1cccc(NC(=O)CNCCc2cccc(Cl)c2)c1. The van der Waals surface area contributed by atoms with Crippen molar-refractivity contribution in [2.24, 2.45) is 0 Å². The van der Waals surface area contributed by atoms with E-state index >= 15 is 0 Å². The molecule has 0 bridgehead atoms. The largest absolute Gasteiger partial charge is 0.326 e. The third-order valence-corrected chi connectivity index (χ3v) is 3.47. The Morgan fingerprint density at radius 2 is 1.71 bits per heavy atom. The van der Waals surface area contributed by atoms with Crippen LogP contribution in [0.25, 0.3) is 0 Å². The van der Waals surface area contributed by atoms with Gasteiger partial charge in [0.05, 0.1) is 6.54 Å². The maximum atomic E-state index is 11.9. The molecule has 24 heavy (non-hydrogen) atoms. The summed E-state index contributed by atoms with van der Waals surface area (Å²) in [6.07, 6.45) is 0.797. The van der Waals surface area contributed by atoms with Crippen LogP contribution < -0.4 is 16.0 Å². The van der Waals surface area contributed by atoms with Crippen LogP contribution in [0.5, 0.6) is 0 Å². The van der Waals surface area contributed by atoms with E-state index in [1.807, 2.05) is 24.3 Å². The highest BCUT2D eigenvalue weighted by Crippen LogP contribution is 2.14. The fourth-order valence-electron chi connectivity index (χ4n) is 2.21. The number of carbonyl (C=O) groups is 2. The summed E-state index contributed by atoms with van der Waals surface area (Å²) >= 11 is 5.93. The van der Waals surface area contributed by atoms with Crippen LogP contribution in [0.2, 0.25) is 5.02 Å². The average molecular weight is 346 g/mol. The first-order valence-electron chi connectivity index (χ1n) is 7.65. The van der Waals surface area contributed by atoms with Crippen molar-refractivity contribution < 1.29 is 9.59 Å². The van der Waals surface area contributed by atoms with Crippen LogP contribution in [-0.2, 0) is 16.0 Å². The molecule has 2 aromatic carbocycles. The van der Waals surface area contributed by atoms with Gasteiger partial charge in [0, 0.05) is 23.3 Å². The molecule has 3 N–H and O–H groups in total. The number of nitrogens with one attached hydrogen (secondary N) is 3. The van der Waals surface area contributed by atoms with Gasteiger partial charge in [-0.2, -0.15) is 0 Å². The molecule has 5 nitrogen and oxygen atoms in total. The van der Waals surface area contributed by atoms with Crippen molar-refractivity contribution >= 4 is 34.8 Å². The molecule has 0 heterocycles. The smallest absolute Gasteiger partial charge is 0.238 e. The summed E-state index contributed by atoms with van der Waals surface area (Å²) in [6, 6.07) is 14.7. The third kappa shape index (κ3) is 6.40. The van der Waals surface area contributed by atoms with Crippen molar-refractivity contribution in [1.29, 1.82) is 0 Å². The lowest BCUT2D eigenvalue weighted by atomic mass is 10.1. The minimum atomic E-state index is -0.152. The molecule has 0 aliphatic rings. The van der Waals surface area contributed by atoms with Crippen molar-refractivity contribution in [3.63, 3.8) is 0 Å². The van der Waals surface area contributed by atoms with Gasteiger partial charge in [0.15, 0.2) is 0 Å². The van der Waals surface area contributed by atoms with Crippen molar-refractivity contribution in [2.45, 2.75) is 13.3 Å². The van der Waals surface area contributed by atoms with E-state index < -0.39 is 0 Å². The van der Waals surface area contributed by atoms with E-state index in [1.54, 1.807) is 24.3 Å². The number of halogens is 1. The van der Waals surface area contributed by atoms with Crippen LogP contribution in [0.15, 0.2) is 48.5 Å². The first kappa shape index (κ1) is 18.0. The van der Waals surface area contributed by atoms with Gasteiger partial charge >= 0.3 is 0 Å². The molecule has 0 aromatic heterocycles. The zero-order valence-electron chi connectivity index (χ0n) is 13.4. The van der Waals surface area contributed by atoms with E-state index in [0.29, 0.717) is 22.9 Å². The second kappa shape index (κ2) is 9.05. The Labute approximate surface area is 146 Å². The Morgan fingerprint density at radius 3 is 2.42 bits per heavy atom. The summed E-state index contributed by atoms with van der Waals surface area (Å²) in [7, 11) is 0. The average Bonchev–Trinajstić information content (AvgIpc) is 2.51. The van der Waals surface area contributed by atoms with Crippen LogP contribution in [-0.4, -0.2) is 24.9 Å². The number of hydrogen-bond donors (Lipinski definition) is 3. The predicted octanol–water partition coefficient (Wildman–Crippen LogP) is 3.07. The molecule has 0 saturated heterocycles. The summed E-state index contributed by atoms with van der Waals surface area (Å²) in [5, 5.41) is 9.27. The highest BCUT2D eigenvalue weighted by Gasteiger charge is 2.03. The molecule has 0 atom stereocenters. The van der Waals surface area contributed by atoms with Crippen LogP contribution >= 0.6 is 11.6 Å². The Bertz CT molecular complexity index is 719. The minimum Gasteiger partial charge on any atom is -0.326 e. The number of benzene rings is 2. The lowest BCUT2D eigenvalue weighted by Gasteiger charge is -2.09. The van der Waals surface area contributed by atoms with E-state index in [-0.39, 0.29) is 18.4 Å². The molecule has 6 heteroatoms. The van der Waals surface area contributed by atoms with E-state index in [1.165, 1.54) is 6.92 Å². The Balaban J connectivity index is 1.74. The Kier molecular flexibility index (Phi) is 6.78. The molecule has 0 saturated carbocycles. The van der Waals surface area contributed by atoms with Gasteiger partial charge < -0.3 is 16.0 Å². The van der Waals surface area contributed by atoms with Gasteiger partial charge in [-0.1, -0.05) is 29.8 Å². The first-order chi connectivity index (χ1) is 11.5. The van der Waals surface area contributed by atoms with E-state index in [4.69, 9.17) is 11.6 Å². The molecule has 126 valence electrons. The number of anilines is 2. The summed E-state index contributed by atoms with van der Waals surface area (Å²) in [4.78, 5) is 23.0. The molecule has 0 unspecified atom stereocenters. The fourth-order valence-corrected chi connectivity index (χ4v) is 2.42. The van der Waals surface area contributed by atoms with Gasteiger partial charge in [-0.25, -0.2) is 0 Å². The highest BCUT2D eigenvalue weighted by molar-refractivity contribution is 6.30. The van der Waals surface area contributed by atoms with Gasteiger partial charge in [-0.05, 0) is 48.9 Å².